The molecule has 2 heterocycles. The van der Waals surface area contributed by atoms with Gasteiger partial charge in [-0.25, -0.2) is 13.8 Å². The molecule has 2 rings (SSSR count). The first-order valence-corrected chi connectivity index (χ1v) is 9.34. The molecule has 0 saturated heterocycles. The third-order valence-electron chi connectivity index (χ3n) is 4.12. The largest absolute Gasteiger partial charge is 0.471 e. The third kappa shape index (κ3) is 7.21. The number of rotatable bonds is 9. The number of nitrogens with zero attached hydrogens (tertiary/aromatic N) is 2. The molecule has 2 aromatic rings. The number of aryl methyl sites for hydroxylation is 1. The fourth-order valence-corrected chi connectivity index (χ4v) is 2.58. The van der Waals surface area contributed by atoms with Gasteiger partial charge < -0.3 is 10.1 Å². The Bertz CT molecular complexity index is 864. The van der Waals surface area contributed by atoms with Crippen LogP contribution < -0.4 is 10.1 Å². The van der Waals surface area contributed by atoms with Crippen LogP contribution in [0.1, 0.15) is 60.5 Å². The molecular weight excluding hydrogens is 380 g/mol. The fourth-order valence-electron chi connectivity index (χ4n) is 2.58. The van der Waals surface area contributed by atoms with Gasteiger partial charge in [-0.1, -0.05) is 13.0 Å². The minimum absolute atomic E-state index is 0.0528. The average Bonchev–Trinajstić information content (AvgIpc) is 2.65. The highest BCUT2D eigenvalue weighted by Gasteiger charge is 2.22. The van der Waals surface area contributed by atoms with Crippen LogP contribution in [0.3, 0.4) is 0 Å². The molecule has 1 amide bonds. The third-order valence-corrected chi connectivity index (χ3v) is 4.12. The number of hydrogen-bond acceptors (Lipinski definition) is 5. The van der Waals surface area contributed by atoms with Crippen molar-refractivity contribution in [3.63, 3.8) is 0 Å². The maximum absolute atomic E-state index is 12.8. The van der Waals surface area contributed by atoms with Gasteiger partial charge in [0.2, 0.25) is 5.88 Å². The van der Waals surface area contributed by atoms with Crippen LogP contribution >= 0.6 is 0 Å². The maximum atomic E-state index is 12.8. The Hall–Kier alpha value is -2.90. The summed E-state index contributed by atoms with van der Waals surface area (Å²) in [4.78, 5) is 32.6. The van der Waals surface area contributed by atoms with Crippen molar-refractivity contribution in [1.29, 1.82) is 0 Å². The van der Waals surface area contributed by atoms with Gasteiger partial charge in [0, 0.05) is 49.0 Å². The van der Waals surface area contributed by atoms with Crippen molar-refractivity contribution in [3.8, 4) is 5.88 Å². The van der Waals surface area contributed by atoms with E-state index in [1.807, 2.05) is 0 Å². The summed E-state index contributed by atoms with van der Waals surface area (Å²) < 4.78 is 30.6. The van der Waals surface area contributed by atoms with Crippen molar-refractivity contribution in [2.75, 3.05) is 6.61 Å². The minimum atomic E-state index is -2.94. The number of aromatic nitrogens is 2. The van der Waals surface area contributed by atoms with Crippen molar-refractivity contribution in [1.82, 2.24) is 15.3 Å². The summed E-state index contributed by atoms with van der Waals surface area (Å²) in [5.74, 6) is -3.11. The number of nitrogens with one attached hydrogen (secondary N) is 1. The smallest absolute Gasteiger partial charge is 0.278 e. The predicted octanol–water partition coefficient (Wildman–Crippen LogP) is 3.83. The van der Waals surface area contributed by atoms with E-state index in [2.05, 4.69) is 15.3 Å². The molecule has 0 aliphatic heterocycles. The van der Waals surface area contributed by atoms with Crippen LogP contribution in [0.5, 0.6) is 5.88 Å². The zero-order valence-electron chi connectivity index (χ0n) is 17.0. The van der Waals surface area contributed by atoms with Crippen LogP contribution in [0.4, 0.5) is 8.78 Å². The predicted molar refractivity (Wildman–Crippen MR) is 104 cm³/mol. The molecule has 0 aromatic carbocycles. The number of ketones is 1. The molecule has 1 atom stereocenters. The number of amides is 1. The number of carbonyl (C=O) groups excluding carboxylic acids is 2. The molecule has 0 spiro atoms. The van der Waals surface area contributed by atoms with E-state index < -0.39 is 12.5 Å². The summed E-state index contributed by atoms with van der Waals surface area (Å²) in [6, 6.07) is 6.04. The first-order valence-electron chi connectivity index (χ1n) is 9.34. The van der Waals surface area contributed by atoms with Gasteiger partial charge in [0.25, 0.3) is 11.8 Å². The molecule has 0 radical (unpaired) electrons. The second-order valence-electron chi connectivity index (χ2n) is 7.04. The normalized spacial score (nSPS) is 12.3. The summed E-state index contributed by atoms with van der Waals surface area (Å²) in [5, 5.41) is 2.86. The highest BCUT2D eigenvalue weighted by atomic mass is 19.3. The van der Waals surface area contributed by atoms with Crippen LogP contribution in [-0.4, -0.2) is 34.2 Å². The first-order chi connectivity index (χ1) is 13.6. The number of alkyl halides is 2. The quantitative estimate of drug-likeness (QED) is 0.686. The molecule has 1 unspecified atom stereocenters. The Labute approximate surface area is 168 Å². The molecule has 8 heteroatoms. The highest BCUT2D eigenvalue weighted by Crippen LogP contribution is 2.18. The number of hydrogen-bond donors (Lipinski definition) is 1. The van der Waals surface area contributed by atoms with Gasteiger partial charge in [-0.15, -0.1) is 0 Å². The van der Waals surface area contributed by atoms with Crippen LogP contribution in [0.15, 0.2) is 30.5 Å². The molecule has 0 aliphatic rings. The number of Topliss-reactive ketones (excluding diaryl/α,β-unsaturated/α-hetero) is 1. The number of carbonyl (C=O) groups is 2. The average molecular weight is 405 g/mol. The summed E-state index contributed by atoms with van der Waals surface area (Å²) in [5.41, 5.74) is 2.33. The molecule has 0 fully saturated rings. The van der Waals surface area contributed by atoms with Gasteiger partial charge in [0.05, 0.1) is 6.04 Å². The van der Waals surface area contributed by atoms with Gasteiger partial charge in [-0.3, -0.25) is 14.6 Å². The van der Waals surface area contributed by atoms with E-state index in [9.17, 15) is 18.4 Å². The molecular formula is C21H25F2N3O3. The van der Waals surface area contributed by atoms with Crippen LogP contribution in [0.25, 0.3) is 0 Å². The molecule has 0 bridgehead atoms. The first kappa shape index (κ1) is 22.4. The van der Waals surface area contributed by atoms with Crippen molar-refractivity contribution >= 4 is 11.7 Å². The lowest BCUT2D eigenvalue weighted by atomic mass is 10.1. The van der Waals surface area contributed by atoms with E-state index in [-0.39, 0.29) is 30.0 Å². The minimum Gasteiger partial charge on any atom is -0.471 e. The Morgan fingerprint density at radius 2 is 2.00 bits per heavy atom. The SMILES string of the molecule is CCC(=O)Cc1cc(C(=O)NC(C)c2ccc(OCC(C)(F)F)nc2)cc(C)n1. The standard InChI is InChI=1S/C21H25F2N3O3/c1-5-18(27)10-17-9-16(8-13(2)25-17)20(28)26-14(3)15-6-7-19(24-11-15)29-12-21(4,22)23/h6-9,11,14H,5,10,12H2,1-4H3,(H,26,28). The molecule has 6 nitrogen and oxygen atoms in total. The number of ether oxygens (including phenoxy) is 1. The summed E-state index contributed by atoms with van der Waals surface area (Å²) >= 11 is 0. The summed E-state index contributed by atoms with van der Waals surface area (Å²) in [6.07, 6.45) is 2.07. The van der Waals surface area contributed by atoms with E-state index in [0.29, 0.717) is 28.9 Å². The van der Waals surface area contributed by atoms with Gasteiger partial charge in [0.1, 0.15) is 5.78 Å². The van der Waals surface area contributed by atoms with Gasteiger partial charge in [-0.2, -0.15) is 0 Å². The van der Waals surface area contributed by atoms with Crippen molar-refractivity contribution in [3.05, 3.63) is 53.0 Å². The molecule has 2 aromatic heterocycles. The van der Waals surface area contributed by atoms with Crippen LogP contribution in [0, 0.1) is 6.92 Å². The molecule has 29 heavy (non-hydrogen) atoms. The topological polar surface area (TPSA) is 81.2 Å². The molecule has 156 valence electrons. The van der Waals surface area contributed by atoms with Crippen LogP contribution in [0.2, 0.25) is 0 Å². The Kier molecular flexibility index (Phi) is 7.36. The van der Waals surface area contributed by atoms with Crippen molar-refractivity contribution in [2.45, 2.75) is 52.5 Å². The second kappa shape index (κ2) is 9.54. The van der Waals surface area contributed by atoms with E-state index >= 15 is 0 Å². The molecule has 1 N–H and O–H groups in total. The monoisotopic (exact) mass is 405 g/mol. The summed E-state index contributed by atoms with van der Waals surface area (Å²) in [7, 11) is 0. The van der Waals surface area contributed by atoms with E-state index in [1.54, 1.807) is 39.0 Å². The van der Waals surface area contributed by atoms with Crippen LogP contribution in [-0.2, 0) is 11.2 Å². The fraction of sp³-hybridized carbons (Fsp3) is 0.429. The van der Waals surface area contributed by atoms with Gasteiger partial charge in [0.15, 0.2) is 6.61 Å². The van der Waals surface area contributed by atoms with Crippen molar-refractivity contribution < 1.29 is 23.1 Å². The van der Waals surface area contributed by atoms with Gasteiger partial charge >= 0.3 is 0 Å². The van der Waals surface area contributed by atoms with E-state index in [1.165, 1.54) is 12.3 Å². The lowest BCUT2D eigenvalue weighted by molar-refractivity contribution is -0.118. The zero-order valence-corrected chi connectivity index (χ0v) is 17.0. The van der Waals surface area contributed by atoms with Gasteiger partial charge in [-0.05, 0) is 31.5 Å². The Balaban J connectivity index is 2.04. The van der Waals surface area contributed by atoms with Crippen molar-refractivity contribution in [2.24, 2.45) is 0 Å². The number of halogens is 2. The molecule has 0 aliphatic carbocycles. The lowest BCUT2D eigenvalue weighted by Crippen LogP contribution is -2.27. The lowest BCUT2D eigenvalue weighted by Gasteiger charge is -2.16. The highest BCUT2D eigenvalue weighted by molar-refractivity contribution is 5.95. The second-order valence-corrected chi connectivity index (χ2v) is 7.04. The molecule has 0 saturated carbocycles. The Morgan fingerprint density at radius 3 is 2.59 bits per heavy atom. The number of pyridine rings is 2. The summed E-state index contributed by atoms with van der Waals surface area (Å²) in [6.45, 7) is 5.35. The van der Waals surface area contributed by atoms with E-state index in [0.717, 1.165) is 6.92 Å². The zero-order chi connectivity index (χ0) is 21.6. The Morgan fingerprint density at radius 1 is 1.28 bits per heavy atom. The maximum Gasteiger partial charge on any atom is 0.278 e. The van der Waals surface area contributed by atoms with E-state index in [4.69, 9.17) is 4.74 Å².